The quantitative estimate of drug-likeness (QED) is 0.770. The van der Waals surface area contributed by atoms with Crippen LogP contribution in [0.3, 0.4) is 0 Å². The maximum Gasteiger partial charge on any atom is 0.237 e. The monoisotopic (exact) mass is 355 g/mol. The van der Waals surface area contributed by atoms with Gasteiger partial charge < -0.3 is 15.0 Å². The van der Waals surface area contributed by atoms with Gasteiger partial charge in [0.25, 0.3) is 0 Å². The van der Waals surface area contributed by atoms with E-state index < -0.39 is 5.92 Å². The van der Waals surface area contributed by atoms with Gasteiger partial charge in [-0.05, 0) is 30.7 Å². The molecule has 0 radical (unpaired) electrons. The number of likely N-dealkylation sites (N-methyl/N-ethyl adjacent to an activating group) is 1. The number of anilines is 2. The Labute approximate surface area is 152 Å². The summed E-state index contributed by atoms with van der Waals surface area (Å²) in [5, 5.41) is 2.82. The lowest BCUT2D eigenvalue weighted by molar-refractivity contribution is -0.115. The second kappa shape index (κ2) is 8.10. The minimum absolute atomic E-state index is 0.122. The van der Waals surface area contributed by atoms with Crippen molar-refractivity contribution in [2.75, 3.05) is 37.0 Å². The molecule has 0 aromatic heterocycles. The van der Waals surface area contributed by atoms with Crippen molar-refractivity contribution in [2.24, 2.45) is 4.99 Å². The summed E-state index contributed by atoms with van der Waals surface area (Å²) in [6.45, 7) is 3.80. The molecule has 26 heavy (non-hydrogen) atoms. The molecule has 1 unspecified atom stereocenters. The number of carbonyl (C=O) groups is 1. The third kappa shape index (κ3) is 3.75. The van der Waals surface area contributed by atoms with E-state index in [1.807, 2.05) is 36.1 Å². The van der Waals surface area contributed by atoms with Crippen molar-refractivity contribution in [1.29, 1.82) is 0 Å². The average Bonchev–Trinajstić information content (AvgIpc) is 2.97. The maximum atomic E-state index is 14.5. The zero-order valence-electron chi connectivity index (χ0n) is 14.9. The molecule has 3 rings (SSSR count). The van der Waals surface area contributed by atoms with Gasteiger partial charge in [-0.15, -0.1) is 0 Å². The van der Waals surface area contributed by atoms with Crippen molar-refractivity contribution in [2.45, 2.75) is 12.8 Å². The molecule has 1 aliphatic rings. The number of carbonyl (C=O) groups excluding carboxylic acids is 1. The first kappa shape index (κ1) is 18.1. The van der Waals surface area contributed by atoms with Crippen LogP contribution in [0.5, 0.6) is 0 Å². The van der Waals surface area contributed by atoms with Gasteiger partial charge in [0.1, 0.15) is 11.7 Å². The van der Waals surface area contributed by atoms with E-state index in [-0.39, 0.29) is 11.7 Å². The summed E-state index contributed by atoms with van der Waals surface area (Å²) in [6.07, 6.45) is 1.57. The second-order valence-corrected chi connectivity index (χ2v) is 6.04. The first-order valence-electron chi connectivity index (χ1n) is 8.61. The molecule has 2 aromatic rings. The van der Waals surface area contributed by atoms with Gasteiger partial charge in [-0.25, -0.2) is 4.39 Å². The minimum atomic E-state index is -0.456. The predicted molar refractivity (Wildman–Crippen MR) is 102 cm³/mol. The summed E-state index contributed by atoms with van der Waals surface area (Å²) in [4.78, 5) is 18.3. The highest BCUT2D eigenvalue weighted by Crippen LogP contribution is 2.31. The van der Waals surface area contributed by atoms with Crippen LogP contribution in [0.4, 0.5) is 21.5 Å². The molecule has 0 saturated heterocycles. The highest BCUT2D eigenvalue weighted by molar-refractivity contribution is 6.12. The fourth-order valence-corrected chi connectivity index (χ4v) is 3.03. The number of para-hydroxylation sites is 1. The van der Waals surface area contributed by atoms with E-state index >= 15 is 0 Å². The number of rotatable bonds is 7. The van der Waals surface area contributed by atoms with Crippen molar-refractivity contribution >= 4 is 29.2 Å². The van der Waals surface area contributed by atoms with E-state index in [9.17, 15) is 9.18 Å². The number of nitrogens with one attached hydrogen (secondary N) is 1. The van der Waals surface area contributed by atoms with Crippen LogP contribution in [0.15, 0.2) is 47.5 Å². The van der Waals surface area contributed by atoms with Crippen LogP contribution >= 0.6 is 0 Å². The van der Waals surface area contributed by atoms with Crippen LogP contribution in [0.25, 0.3) is 0 Å². The Kier molecular flexibility index (Phi) is 5.63. The summed E-state index contributed by atoms with van der Waals surface area (Å²) >= 11 is 0. The third-order valence-electron chi connectivity index (χ3n) is 4.43. The molecule has 0 aliphatic carbocycles. The van der Waals surface area contributed by atoms with Gasteiger partial charge >= 0.3 is 0 Å². The summed E-state index contributed by atoms with van der Waals surface area (Å²) in [5.41, 5.74) is 2.68. The van der Waals surface area contributed by atoms with Crippen LogP contribution < -0.4 is 10.2 Å². The summed E-state index contributed by atoms with van der Waals surface area (Å²) in [5.74, 6) is -0.916. The van der Waals surface area contributed by atoms with Crippen molar-refractivity contribution < 1.29 is 13.9 Å². The van der Waals surface area contributed by atoms with Gasteiger partial charge in [-0.1, -0.05) is 18.2 Å². The Balaban J connectivity index is 1.78. The van der Waals surface area contributed by atoms with E-state index in [0.29, 0.717) is 31.1 Å². The minimum Gasteiger partial charge on any atom is -0.383 e. The standard InChI is InChI=1S/C20H22FN3O2/c1-3-24(10-11-26-2)19-9-8-14(12-17(19)21)22-13-16-15-6-4-5-7-18(15)23-20(16)25/h4-9,12-13,16H,3,10-11H2,1-2H3,(H,23,25). The summed E-state index contributed by atoms with van der Waals surface area (Å²) in [7, 11) is 1.62. The highest BCUT2D eigenvalue weighted by atomic mass is 19.1. The Morgan fingerprint density at radius 1 is 1.31 bits per heavy atom. The lowest BCUT2D eigenvalue weighted by Crippen LogP contribution is -2.27. The molecule has 136 valence electrons. The Hall–Kier alpha value is -2.73. The number of fused-ring (bicyclic) bond motifs is 1. The SMILES string of the molecule is CCN(CCOC)c1ccc(N=CC2C(=O)Nc3ccccc32)cc1F. The molecule has 0 saturated carbocycles. The average molecular weight is 355 g/mol. The topological polar surface area (TPSA) is 53.9 Å². The van der Waals surface area contributed by atoms with Gasteiger partial charge in [-0.2, -0.15) is 0 Å². The first-order chi connectivity index (χ1) is 12.6. The van der Waals surface area contributed by atoms with Gasteiger partial charge in [0.2, 0.25) is 5.91 Å². The van der Waals surface area contributed by atoms with Crippen molar-refractivity contribution in [3.05, 3.63) is 53.8 Å². The van der Waals surface area contributed by atoms with Crippen LogP contribution in [0, 0.1) is 5.82 Å². The lowest BCUT2D eigenvalue weighted by Gasteiger charge is -2.23. The molecular weight excluding hydrogens is 333 g/mol. The third-order valence-corrected chi connectivity index (χ3v) is 4.43. The molecule has 1 heterocycles. The summed E-state index contributed by atoms with van der Waals surface area (Å²) in [6, 6.07) is 12.4. The molecule has 1 aliphatic heterocycles. The van der Waals surface area contributed by atoms with Crippen LogP contribution in [-0.4, -0.2) is 38.9 Å². The number of nitrogens with zero attached hydrogens (tertiary/aromatic N) is 2. The maximum absolute atomic E-state index is 14.5. The zero-order chi connectivity index (χ0) is 18.5. The molecule has 0 fully saturated rings. The van der Waals surface area contributed by atoms with Gasteiger partial charge in [0, 0.05) is 38.2 Å². The molecule has 0 bridgehead atoms. The Morgan fingerprint density at radius 3 is 2.85 bits per heavy atom. The molecule has 6 heteroatoms. The molecule has 0 spiro atoms. The van der Waals surface area contributed by atoms with Crippen LogP contribution in [0.1, 0.15) is 18.4 Å². The van der Waals surface area contributed by atoms with Crippen LogP contribution in [-0.2, 0) is 9.53 Å². The van der Waals surface area contributed by atoms with Crippen molar-refractivity contribution in [3.63, 3.8) is 0 Å². The van der Waals surface area contributed by atoms with E-state index in [1.165, 1.54) is 6.07 Å². The fourth-order valence-electron chi connectivity index (χ4n) is 3.03. The molecule has 1 atom stereocenters. The fraction of sp³-hybridized carbons (Fsp3) is 0.300. The predicted octanol–water partition coefficient (Wildman–Crippen LogP) is 3.74. The number of halogens is 1. The molecular formula is C20H22FN3O2. The number of methoxy groups -OCH3 is 1. The van der Waals surface area contributed by atoms with Gasteiger partial charge in [0.05, 0.1) is 18.0 Å². The molecule has 2 aromatic carbocycles. The number of ether oxygens (including phenoxy) is 1. The lowest BCUT2D eigenvalue weighted by atomic mass is 10.0. The molecule has 1 amide bonds. The normalized spacial score (nSPS) is 16.0. The second-order valence-electron chi connectivity index (χ2n) is 6.04. The largest absolute Gasteiger partial charge is 0.383 e. The Morgan fingerprint density at radius 2 is 2.12 bits per heavy atom. The van der Waals surface area contributed by atoms with Gasteiger partial charge in [0.15, 0.2) is 0 Å². The number of benzene rings is 2. The van der Waals surface area contributed by atoms with E-state index in [4.69, 9.17) is 4.74 Å². The van der Waals surface area contributed by atoms with Gasteiger partial charge in [-0.3, -0.25) is 9.79 Å². The smallest absolute Gasteiger partial charge is 0.237 e. The van der Waals surface area contributed by atoms with Crippen LogP contribution in [0.2, 0.25) is 0 Å². The molecule has 1 N–H and O–H groups in total. The first-order valence-corrected chi connectivity index (χ1v) is 8.61. The summed E-state index contributed by atoms with van der Waals surface area (Å²) < 4.78 is 19.6. The number of hydrogen-bond donors (Lipinski definition) is 1. The number of amides is 1. The van der Waals surface area contributed by atoms with Crippen molar-refractivity contribution in [3.8, 4) is 0 Å². The number of aliphatic imine (C=N–C) groups is 1. The zero-order valence-corrected chi connectivity index (χ0v) is 14.9. The van der Waals surface area contributed by atoms with E-state index in [1.54, 1.807) is 25.5 Å². The Bertz CT molecular complexity index is 822. The van der Waals surface area contributed by atoms with E-state index in [0.717, 1.165) is 11.3 Å². The van der Waals surface area contributed by atoms with E-state index in [2.05, 4.69) is 10.3 Å². The molecule has 5 nitrogen and oxygen atoms in total. The number of hydrogen-bond acceptors (Lipinski definition) is 4. The van der Waals surface area contributed by atoms with Crippen molar-refractivity contribution in [1.82, 2.24) is 0 Å². The highest BCUT2D eigenvalue weighted by Gasteiger charge is 2.28.